The van der Waals surface area contributed by atoms with Crippen molar-refractivity contribution in [2.45, 2.75) is 0 Å². The van der Waals surface area contributed by atoms with Crippen molar-refractivity contribution < 1.29 is 13.9 Å². The molecule has 0 radical (unpaired) electrons. The number of halogens is 1. The van der Waals surface area contributed by atoms with Crippen LogP contribution in [0.1, 0.15) is 10.6 Å². The van der Waals surface area contributed by atoms with Crippen molar-refractivity contribution in [3.63, 3.8) is 0 Å². The highest BCUT2D eigenvalue weighted by molar-refractivity contribution is 6.29. The maximum Gasteiger partial charge on any atom is 0.289 e. The zero-order valence-electron chi connectivity index (χ0n) is 10.5. The van der Waals surface area contributed by atoms with E-state index in [4.69, 9.17) is 20.8 Å². The minimum atomic E-state index is -0.219. The second kappa shape index (κ2) is 6.29. The molecule has 0 spiro atoms. The molecular formula is C14H14ClNO3. The first-order valence-corrected chi connectivity index (χ1v) is 6.23. The van der Waals surface area contributed by atoms with Gasteiger partial charge in [0.25, 0.3) is 5.91 Å². The van der Waals surface area contributed by atoms with E-state index in [0.717, 1.165) is 5.75 Å². The number of nitrogens with zero attached hydrogens (tertiary/aromatic N) is 1. The van der Waals surface area contributed by atoms with Crippen LogP contribution < -0.4 is 4.74 Å². The normalized spacial score (nSPS) is 10.2. The third-order valence-electron chi connectivity index (χ3n) is 2.57. The summed E-state index contributed by atoms with van der Waals surface area (Å²) in [5.74, 6) is 0.792. The van der Waals surface area contributed by atoms with Crippen LogP contribution in [0.3, 0.4) is 0 Å². The molecule has 0 bridgehead atoms. The molecule has 0 saturated carbocycles. The summed E-state index contributed by atoms with van der Waals surface area (Å²) >= 11 is 5.63. The van der Waals surface area contributed by atoms with Crippen LogP contribution in [0.25, 0.3) is 0 Å². The first-order chi connectivity index (χ1) is 9.16. The van der Waals surface area contributed by atoms with Gasteiger partial charge in [0, 0.05) is 7.05 Å². The Bertz CT molecular complexity index is 539. The number of carbonyl (C=O) groups is 1. The third-order valence-corrected chi connectivity index (χ3v) is 2.77. The predicted molar refractivity (Wildman–Crippen MR) is 72.6 cm³/mol. The summed E-state index contributed by atoms with van der Waals surface area (Å²) in [6.45, 7) is 0.882. The Morgan fingerprint density at radius 2 is 2.00 bits per heavy atom. The Hall–Kier alpha value is -1.94. The van der Waals surface area contributed by atoms with Gasteiger partial charge in [-0.05, 0) is 35.9 Å². The molecular weight excluding hydrogens is 266 g/mol. The Kier molecular flexibility index (Phi) is 4.47. The molecule has 1 aromatic heterocycles. The van der Waals surface area contributed by atoms with Crippen LogP contribution in [0.4, 0.5) is 0 Å². The highest BCUT2D eigenvalue weighted by Crippen LogP contribution is 2.14. The van der Waals surface area contributed by atoms with Crippen molar-refractivity contribution in [2.24, 2.45) is 0 Å². The van der Waals surface area contributed by atoms with Gasteiger partial charge in [-0.3, -0.25) is 4.79 Å². The number of carbonyl (C=O) groups excluding carboxylic acids is 1. The zero-order chi connectivity index (χ0) is 13.7. The van der Waals surface area contributed by atoms with Crippen molar-refractivity contribution in [3.8, 4) is 5.75 Å². The molecule has 0 aliphatic heterocycles. The van der Waals surface area contributed by atoms with Gasteiger partial charge in [0.2, 0.25) is 0 Å². The average molecular weight is 280 g/mol. The van der Waals surface area contributed by atoms with Crippen molar-refractivity contribution in [1.82, 2.24) is 4.90 Å². The second-order valence-electron chi connectivity index (χ2n) is 3.99. The number of hydrogen-bond acceptors (Lipinski definition) is 3. The summed E-state index contributed by atoms with van der Waals surface area (Å²) in [6.07, 6.45) is 0. The molecule has 19 heavy (non-hydrogen) atoms. The van der Waals surface area contributed by atoms with Gasteiger partial charge in [0.1, 0.15) is 12.4 Å². The first-order valence-electron chi connectivity index (χ1n) is 5.85. The van der Waals surface area contributed by atoms with Crippen molar-refractivity contribution in [1.29, 1.82) is 0 Å². The topological polar surface area (TPSA) is 42.7 Å². The van der Waals surface area contributed by atoms with Gasteiger partial charge in [-0.1, -0.05) is 18.2 Å². The van der Waals surface area contributed by atoms with Crippen LogP contribution in [0.2, 0.25) is 5.22 Å². The third kappa shape index (κ3) is 3.76. The van der Waals surface area contributed by atoms with Crippen LogP contribution >= 0.6 is 11.6 Å². The van der Waals surface area contributed by atoms with E-state index in [1.807, 2.05) is 30.3 Å². The van der Waals surface area contributed by atoms with Gasteiger partial charge in [0.05, 0.1) is 6.54 Å². The molecule has 0 saturated heterocycles. The van der Waals surface area contributed by atoms with Crippen LogP contribution in [-0.4, -0.2) is 31.0 Å². The number of ether oxygens (including phenoxy) is 1. The second-order valence-corrected chi connectivity index (χ2v) is 4.36. The van der Waals surface area contributed by atoms with E-state index in [0.29, 0.717) is 13.2 Å². The molecule has 0 unspecified atom stereocenters. The van der Waals surface area contributed by atoms with Gasteiger partial charge >= 0.3 is 0 Å². The van der Waals surface area contributed by atoms with Crippen LogP contribution in [0.5, 0.6) is 5.75 Å². The van der Waals surface area contributed by atoms with Crippen molar-refractivity contribution >= 4 is 17.5 Å². The van der Waals surface area contributed by atoms with Gasteiger partial charge in [-0.25, -0.2) is 0 Å². The lowest BCUT2D eigenvalue weighted by Gasteiger charge is -2.16. The molecule has 4 nitrogen and oxygen atoms in total. The number of furan rings is 1. The van der Waals surface area contributed by atoms with Gasteiger partial charge < -0.3 is 14.1 Å². The quantitative estimate of drug-likeness (QED) is 0.845. The van der Waals surface area contributed by atoms with E-state index in [1.54, 1.807) is 19.2 Å². The molecule has 2 aromatic rings. The van der Waals surface area contributed by atoms with Gasteiger partial charge in [-0.15, -0.1) is 0 Å². The SMILES string of the molecule is CN(CCOc1ccccc1)C(=O)c1ccc(Cl)o1. The Balaban J connectivity index is 1.81. The van der Waals surface area contributed by atoms with Crippen LogP contribution in [0.15, 0.2) is 46.9 Å². The van der Waals surface area contributed by atoms with Crippen molar-refractivity contribution in [2.75, 3.05) is 20.2 Å². The predicted octanol–water partition coefficient (Wildman–Crippen LogP) is 3.08. The van der Waals surface area contributed by atoms with E-state index in [1.165, 1.54) is 4.90 Å². The maximum absolute atomic E-state index is 11.9. The lowest BCUT2D eigenvalue weighted by atomic mass is 10.3. The fourth-order valence-corrected chi connectivity index (χ4v) is 1.68. The number of likely N-dealkylation sites (N-methyl/N-ethyl adjacent to an activating group) is 1. The number of hydrogen-bond donors (Lipinski definition) is 0. The summed E-state index contributed by atoms with van der Waals surface area (Å²) in [7, 11) is 1.69. The molecule has 0 fully saturated rings. The van der Waals surface area contributed by atoms with Crippen molar-refractivity contribution in [3.05, 3.63) is 53.4 Å². The Labute approximate surface area is 116 Å². The van der Waals surface area contributed by atoms with E-state index in [2.05, 4.69) is 0 Å². The molecule has 0 aliphatic carbocycles. The minimum absolute atomic E-state index is 0.206. The van der Waals surface area contributed by atoms with Gasteiger partial charge in [-0.2, -0.15) is 0 Å². The number of amides is 1. The average Bonchev–Trinajstić information content (AvgIpc) is 2.85. The van der Waals surface area contributed by atoms with E-state index >= 15 is 0 Å². The molecule has 0 N–H and O–H groups in total. The maximum atomic E-state index is 11.9. The smallest absolute Gasteiger partial charge is 0.289 e. The molecule has 5 heteroatoms. The highest BCUT2D eigenvalue weighted by Gasteiger charge is 2.15. The summed E-state index contributed by atoms with van der Waals surface area (Å²) in [5.41, 5.74) is 0. The van der Waals surface area contributed by atoms with Gasteiger partial charge in [0.15, 0.2) is 11.0 Å². The van der Waals surface area contributed by atoms with E-state index in [9.17, 15) is 4.79 Å². The standard InChI is InChI=1S/C14H14ClNO3/c1-16(14(17)12-7-8-13(15)19-12)9-10-18-11-5-3-2-4-6-11/h2-8H,9-10H2,1H3. The number of benzene rings is 1. The first kappa shape index (κ1) is 13.5. The van der Waals surface area contributed by atoms with Crippen LogP contribution in [0, 0.1) is 0 Å². The minimum Gasteiger partial charge on any atom is -0.492 e. The lowest BCUT2D eigenvalue weighted by molar-refractivity contribution is 0.0742. The Morgan fingerprint density at radius 3 is 2.63 bits per heavy atom. The molecule has 2 rings (SSSR count). The Morgan fingerprint density at radius 1 is 1.26 bits per heavy atom. The molecule has 1 heterocycles. The van der Waals surface area contributed by atoms with Crippen LogP contribution in [-0.2, 0) is 0 Å². The number of para-hydroxylation sites is 1. The highest BCUT2D eigenvalue weighted by atomic mass is 35.5. The summed E-state index contributed by atoms with van der Waals surface area (Å²) in [6, 6.07) is 12.6. The molecule has 0 aliphatic rings. The molecule has 1 amide bonds. The van der Waals surface area contributed by atoms with E-state index < -0.39 is 0 Å². The summed E-state index contributed by atoms with van der Waals surface area (Å²) < 4.78 is 10.6. The molecule has 100 valence electrons. The molecule has 1 aromatic carbocycles. The monoisotopic (exact) mass is 279 g/mol. The molecule has 0 atom stereocenters. The fraction of sp³-hybridized carbons (Fsp3) is 0.214. The largest absolute Gasteiger partial charge is 0.492 e. The fourth-order valence-electron chi connectivity index (χ4n) is 1.54. The summed E-state index contributed by atoms with van der Waals surface area (Å²) in [5, 5.41) is 0.206. The van der Waals surface area contributed by atoms with E-state index in [-0.39, 0.29) is 16.9 Å². The summed E-state index contributed by atoms with van der Waals surface area (Å²) in [4.78, 5) is 13.4. The zero-order valence-corrected chi connectivity index (χ0v) is 11.3. The number of rotatable bonds is 5. The lowest BCUT2D eigenvalue weighted by Crippen LogP contribution is -2.30.